The van der Waals surface area contributed by atoms with Crippen LogP contribution in [0.4, 0.5) is 0 Å². The summed E-state index contributed by atoms with van der Waals surface area (Å²) in [7, 11) is 0. The van der Waals surface area contributed by atoms with Crippen LogP contribution in [0.2, 0.25) is 0 Å². The summed E-state index contributed by atoms with van der Waals surface area (Å²) in [6.45, 7) is 2.03. The first-order valence-corrected chi connectivity index (χ1v) is 3.47. The van der Waals surface area contributed by atoms with Gasteiger partial charge in [-0.2, -0.15) is 0 Å². The van der Waals surface area contributed by atoms with Gasteiger partial charge in [-0.1, -0.05) is 17.7 Å². The van der Waals surface area contributed by atoms with E-state index in [9.17, 15) is 0 Å². The number of hydrogen-bond donors (Lipinski definition) is 0. The lowest BCUT2D eigenvalue weighted by Crippen LogP contribution is -1.85. The zero-order valence-electron chi connectivity index (χ0n) is 5.70. The van der Waals surface area contributed by atoms with Gasteiger partial charge in [0.1, 0.15) is 5.75 Å². The minimum Gasteiger partial charge on any atom is -0.454 e. The Balaban J connectivity index is 2.78. The maximum atomic E-state index is 4.95. The molecule has 0 aliphatic carbocycles. The molecule has 1 aromatic carbocycles. The van der Waals surface area contributed by atoms with Crippen molar-refractivity contribution in [2.24, 2.45) is 0 Å². The SMILES string of the molecule is Cc1ccc(OC=S)cc1. The average Bonchev–Trinajstić information content (AvgIpc) is 1.95. The fraction of sp³-hybridized carbons (Fsp3) is 0.125. The molecule has 0 aliphatic heterocycles. The van der Waals surface area contributed by atoms with E-state index in [4.69, 9.17) is 4.74 Å². The first-order valence-electron chi connectivity index (χ1n) is 3.00. The quantitative estimate of drug-likeness (QED) is 0.601. The van der Waals surface area contributed by atoms with Crippen LogP contribution in [0.25, 0.3) is 0 Å². The molecule has 0 atom stereocenters. The van der Waals surface area contributed by atoms with Crippen LogP contribution in [0.5, 0.6) is 5.75 Å². The maximum Gasteiger partial charge on any atom is 0.154 e. The smallest absolute Gasteiger partial charge is 0.154 e. The molecule has 52 valence electrons. The van der Waals surface area contributed by atoms with E-state index in [1.54, 1.807) is 0 Å². The fourth-order valence-corrected chi connectivity index (χ4v) is 0.784. The molecular weight excluding hydrogens is 144 g/mol. The molecule has 2 heteroatoms. The number of ether oxygens (including phenoxy) is 1. The van der Waals surface area contributed by atoms with E-state index in [1.807, 2.05) is 31.2 Å². The predicted molar refractivity (Wildman–Crippen MR) is 45.5 cm³/mol. The van der Waals surface area contributed by atoms with E-state index in [2.05, 4.69) is 12.2 Å². The van der Waals surface area contributed by atoms with E-state index in [1.165, 1.54) is 11.1 Å². The highest BCUT2D eigenvalue weighted by atomic mass is 32.1. The van der Waals surface area contributed by atoms with Gasteiger partial charge in [0.05, 0.1) is 0 Å². The first-order chi connectivity index (χ1) is 4.83. The van der Waals surface area contributed by atoms with Crippen LogP contribution in [0, 0.1) is 6.92 Å². The molecule has 0 bridgehead atoms. The second kappa shape index (κ2) is 3.32. The highest BCUT2D eigenvalue weighted by molar-refractivity contribution is 7.78. The number of hydrogen-bond acceptors (Lipinski definition) is 2. The highest BCUT2D eigenvalue weighted by Gasteiger charge is 1.87. The Morgan fingerprint density at radius 2 is 1.90 bits per heavy atom. The van der Waals surface area contributed by atoms with Crippen molar-refractivity contribution in [3.8, 4) is 5.75 Å². The summed E-state index contributed by atoms with van der Waals surface area (Å²) in [6, 6.07) is 7.73. The molecule has 0 saturated heterocycles. The lowest BCUT2D eigenvalue weighted by Gasteiger charge is -1.96. The van der Waals surface area contributed by atoms with Crippen LogP contribution >= 0.6 is 12.2 Å². The van der Waals surface area contributed by atoms with Gasteiger partial charge < -0.3 is 4.74 Å². The molecule has 1 aromatic rings. The van der Waals surface area contributed by atoms with Crippen molar-refractivity contribution in [3.05, 3.63) is 29.8 Å². The molecule has 0 fully saturated rings. The number of benzene rings is 1. The monoisotopic (exact) mass is 152 g/mol. The molecule has 0 unspecified atom stereocenters. The van der Waals surface area contributed by atoms with E-state index in [-0.39, 0.29) is 0 Å². The number of rotatable bonds is 2. The van der Waals surface area contributed by atoms with Crippen LogP contribution in [0.1, 0.15) is 5.56 Å². The average molecular weight is 152 g/mol. The van der Waals surface area contributed by atoms with Crippen LogP contribution in [0.15, 0.2) is 24.3 Å². The van der Waals surface area contributed by atoms with E-state index in [0.717, 1.165) is 5.75 Å². The first kappa shape index (κ1) is 7.22. The summed E-state index contributed by atoms with van der Waals surface area (Å²) in [6.07, 6.45) is 0. The van der Waals surface area contributed by atoms with Crippen molar-refractivity contribution in [1.82, 2.24) is 0 Å². The second-order valence-electron chi connectivity index (χ2n) is 2.03. The zero-order chi connectivity index (χ0) is 7.40. The van der Waals surface area contributed by atoms with Crippen LogP contribution in [-0.4, -0.2) is 5.55 Å². The normalized spacial score (nSPS) is 8.90. The summed E-state index contributed by atoms with van der Waals surface area (Å²) < 4.78 is 4.95. The van der Waals surface area contributed by atoms with Gasteiger partial charge in [-0.15, -0.1) is 0 Å². The van der Waals surface area contributed by atoms with E-state index in [0.29, 0.717) is 0 Å². The summed E-state index contributed by atoms with van der Waals surface area (Å²) >= 11 is 4.52. The third-order valence-corrected chi connectivity index (χ3v) is 1.30. The Morgan fingerprint density at radius 3 is 2.40 bits per heavy atom. The zero-order valence-corrected chi connectivity index (χ0v) is 6.52. The molecule has 0 amide bonds. The van der Waals surface area contributed by atoms with Crippen molar-refractivity contribution in [3.63, 3.8) is 0 Å². The summed E-state index contributed by atoms with van der Waals surface area (Å²) in [5.74, 6) is 0.792. The minimum absolute atomic E-state index is 0.792. The van der Waals surface area contributed by atoms with Crippen molar-refractivity contribution in [2.75, 3.05) is 0 Å². The van der Waals surface area contributed by atoms with Crippen molar-refractivity contribution in [1.29, 1.82) is 0 Å². The summed E-state index contributed by atoms with van der Waals surface area (Å²) in [4.78, 5) is 0. The Hall–Kier alpha value is -0.890. The van der Waals surface area contributed by atoms with Gasteiger partial charge in [0, 0.05) is 0 Å². The molecule has 0 aliphatic rings. The molecule has 0 aromatic heterocycles. The van der Waals surface area contributed by atoms with Gasteiger partial charge in [-0.05, 0) is 31.3 Å². The van der Waals surface area contributed by atoms with Gasteiger partial charge in [0.2, 0.25) is 0 Å². The Bertz CT molecular complexity index is 215. The molecule has 0 heterocycles. The highest BCUT2D eigenvalue weighted by Crippen LogP contribution is 2.09. The molecule has 0 saturated carbocycles. The molecule has 1 nitrogen and oxygen atoms in total. The maximum absolute atomic E-state index is 4.95. The molecular formula is C8H8OS. The predicted octanol–water partition coefficient (Wildman–Crippen LogP) is 2.33. The third kappa shape index (κ3) is 1.81. The third-order valence-electron chi connectivity index (χ3n) is 1.21. The molecule has 0 N–H and O–H groups in total. The van der Waals surface area contributed by atoms with Crippen molar-refractivity contribution in [2.45, 2.75) is 6.92 Å². The number of thiocarbonyl (C=S) groups is 1. The largest absolute Gasteiger partial charge is 0.454 e. The lowest BCUT2D eigenvalue weighted by molar-refractivity contribution is 0.586. The Kier molecular flexibility index (Phi) is 2.40. The lowest BCUT2D eigenvalue weighted by atomic mass is 10.2. The van der Waals surface area contributed by atoms with Crippen LogP contribution < -0.4 is 4.74 Å². The Morgan fingerprint density at radius 1 is 1.30 bits per heavy atom. The summed E-state index contributed by atoms with van der Waals surface area (Å²) in [5, 5.41) is 0. The Labute approximate surface area is 65.6 Å². The number of aryl methyl sites for hydroxylation is 1. The molecule has 1 rings (SSSR count). The topological polar surface area (TPSA) is 9.23 Å². The van der Waals surface area contributed by atoms with Crippen molar-refractivity contribution < 1.29 is 4.74 Å². The van der Waals surface area contributed by atoms with Crippen molar-refractivity contribution >= 4 is 17.8 Å². The van der Waals surface area contributed by atoms with Gasteiger partial charge in [-0.25, -0.2) is 0 Å². The van der Waals surface area contributed by atoms with Gasteiger partial charge in [0.25, 0.3) is 0 Å². The fourth-order valence-electron chi connectivity index (χ4n) is 0.672. The van der Waals surface area contributed by atoms with E-state index < -0.39 is 0 Å². The molecule has 10 heavy (non-hydrogen) atoms. The second-order valence-corrected chi connectivity index (χ2v) is 2.22. The standard InChI is InChI=1S/C8H8OS/c1-7-2-4-8(5-3-7)9-6-10/h2-6H,1H3. The molecule has 0 spiro atoms. The molecule has 0 radical (unpaired) electrons. The van der Waals surface area contributed by atoms with Gasteiger partial charge >= 0.3 is 0 Å². The minimum atomic E-state index is 0.792. The van der Waals surface area contributed by atoms with Crippen LogP contribution in [0.3, 0.4) is 0 Å². The van der Waals surface area contributed by atoms with Gasteiger partial charge in [0.15, 0.2) is 5.55 Å². The van der Waals surface area contributed by atoms with Gasteiger partial charge in [-0.3, -0.25) is 0 Å². The van der Waals surface area contributed by atoms with E-state index >= 15 is 0 Å². The summed E-state index contributed by atoms with van der Waals surface area (Å²) in [5.41, 5.74) is 2.47. The van der Waals surface area contributed by atoms with Crippen LogP contribution in [-0.2, 0) is 0 Å².